The quantitative estimate of drug-likeness (QED) is 0.810. The third-order valence-electron chi connectivity index (χ3n) is 4.82. The Balaban J connectivity index is 1.62. The Morgan fingerprint density at radius 1 is 1.25 bits per heavy atom. The predicted octanol–water partition coefficient (Wildman–Crippen LogP) is 2.87. The zero-order chi connectivity index (χ0) is 16.7. The predicted molar refractivity (Wildman–Crippen MR) is 86.7 cm³/mol. The first-order chi connectivity index (χ1) is 11.7. The molecular formula is C18H20N2O4. The molecule has 1 amide bonds. The summed E-state index contributed by atoms with van der Waals surface area (Å²) in [6.45, 7) is 0.570. The van der Waals surface area contributed by atoms with E-state index >= 15 is 0 Å². The number of oxazole rings is 1. The van der Waals surface area contributed by atoms with E-state index in [1.807, 2.05) is 6.07 Å². The maximum atomic E-state index is 12.9. The highest BCUT2D eigenvalue weighted by Crippen LogP contribution is 2.40. The van der Waals surface area contributed by atoms with Crippen molar-refractivity contribution in [3.05, 3.63) is 29.7 Å². The second kappa shape index (κ2) is 5.92. The number of hydrogen-bond donors (Lipinski definition) is 0. The summed E-state index contributed by atoms with van der Waals surface area (Å²) in [4.78, 5) is 30.9. The first-order valence-electron chi connectivity index (χ1n) is 8.46. The number of piperidine rings is 1. The summed E-state index contributed by atoms with van der Waals surface area (Å²) in [5.74, 6) is 0.693. The molecule has 2 heterocycles. The normalized spacial score (nSPS) is 21.0. The molecule has 6 heteroatoms. The first-order valence-corrected chi connectivity index (χ1v) is 8.46. The van der Waals surface area contributed by atoms with Gasteiger partial charge in [-0.25, -0.2) is 9.78 Å². The number of rotatable bonds is 3. The van der Waals surface area contributed by atoms with Crippen LogP contribution in [0, 0.1) is 0 Å². The molecule has 126 valence electrons. The maximum Gasteiger partial charge on any atom is 0.328 e. The van der Waals surface area contributed by atoms with E-state index in [0.29, 0.717) is 30.0 Å². The number of ether oxygens (including phenoxy) is 1. The number of benzene rings is 1. The van der Waals surface area contributed by atoms with Crippen LogP contribution >= 0.6 is 0 Å². The van der Waals surface area contributed by atoms with Gasteiger partial charge in [-0.3, -0.25) is 4.79 Å². The van der Waals surface area contributed by atoms with Gasteiger partial charge in [0, 0.05) is 18.0 Å². The molecule has 6 nitrogen and oxygen atoms in total. The van der Waals surface area contributed by atoms with Crippen LogP contribution < -0.4 is 0 Å². The van der Waals surface area contributed by atoms with Crippen molar-refractivity contribution in [2.45, 2.75) is 44.1 Å². The minimum absolute atomic E-state index is 0.156. The van der Waals surface area contributed by atoms with Crippen LogP contribution in [0.15, 0.2) is 22.6 Å². The van der Waals surface area contributed by atoms with Crippen molar-refractivity contribution in [2.75, 3.05) is 13.7 Å². The first kappa shape index (κ1) is 15.2. The van der Waals surface area contributed by atoms with Crippen molar-refractivity contribution in [3.8, 4) is 0 Å². The van der Waals surface area contributed by atoms with Gasteiger partial charge in [0.1, 0.15) is 11.6 Å². The standard InChI is InChI=1S/C18H20N2O4/c1-23-18(22)14-4-2-3-9-20(14)17(21)12-7-8-13-15(10-12)24-16(19-13)11-5-6-11/h7-8,10-11,14H,2-6,9H2,1H3. The molecule has 2 fully saturated rings. The Labute approximate surface area is 139 Å². The monoisotopic (exact) mass is 328 g/mol. The van der Waals surface area contributed by atoms with Gasteiger partial charge < -0.3 is 14.1 Å². The van der Waals surface area contributed by atoms with Gasteiger partial charge in [0.15, 0.2) is 11.5 Å². The van der Waals surface area contributed by atoms with Gasteiger partial charge >= 0.3 is 5.97 Å². The van der Waals surface area contributed by atoms with Crippen molar-refractivity contribution in [1.29, 1.82) is 0 Å². The Morgan fingerprint density at radius 2 is 2.08 bits per heavy atom. The maximum absolute atomic E-state index is 12.9. The largest absolute Gasteiger partial charge is 0.467 e. The van der Waals surface area contributed by atoms with Crippen LogP contribution in [0.3, 0.4) is 0 Å². The molecule has 1 aromatic heterocycles. The summed E-state index contributed by atoms with van der Waals surface area (Å²) < 4.78 is 10.6. The Bertz CT molecular complexity index is 793. The highest BCUT2D eigenvalue weighted by molar-refractivity contribution is 5.99. The Morgan fingerprint density at radius 3 is 2.83 bits per heavy atom. The smallest absolute Gasteiger partial charge is 0.328 e. The number of aromatic nitrogens is 1. The molecule has 0 spiro atoms. The Hall–Kier alpha value is -2.37. The van der Waals surface area contributed by atoms with Crippen molar-refractivity contribution in [3.63, 3.8) is 0 Å². The van der Waals surface area contributed by atoms with E-state index in [9.17, 15) is 9.59 Å². The summed E-state index contributed by atoms with van der Waals surface area (Å²) in [7, 11) is 1.36. The fourth-order valence-corrected chi connectivity index (χ4v) is 3.30. The van der Waals surface area contributed by atoms with Crippen LogP contribution in [-0.4, -0.2) is 41.5 Å². The molecule has 24 heavy (non-hydrogen) atoms. The molecule has 1 aliphatic carbocycles. The minimum atomic E-state index is -0.497. The number of hydrogen-bond acceptors (Lipinski definition) is 5. The molecule has 1 saturated carbocycles. The third kappa shape index (κ3) is 2.66. The second-order valence-electron chi connectivity index (χ2n) is 6.54. The molecule has 0 bridgehead atoms. The summed E-state index contributed by atoms with van der Waals surface area (Å²) in [5.41, 5.74) is 1.93. The van der Waals surface area contributed by atoms with E-state index < -0.39 is 6.04 Å². The summed E-state index contributed by atoms with van der Waals surface area (Å²) in [5, 5.41) is 0. The second-order valence-corrected chi connectivity index (χ2v) is 6.54. The number of esters is 1. The lowest BCUT2D eigenvalue weighted by molar-refractivity contribution is -0.147. The highest BCUT2D eigenvalue weighted by Gasteiger charge is 2.34. The van der Waals surface area contributed by atoms with Crippen LogP contribution in [0.2, 0.25) is 0 Å². The van der Waals surface area contributed by atoms with Gasteiger partial charge in [0.05, 0.1) is 7.11 Å². The topological polar surface area (TPSA) is 72.6 Å². The van der Waals surface area contributed by atoms with Crippen molar-refractivity contribution >= 4 is 23.0 Å². The van der Waals surface area contributed by atoms with Crippen molar-refractivity contribution < 1.29 is 18.7 Å². The van der Waals surface area contributed by atoms with Crippen LogP contribution in [0.1, 0.15) is 54.3 Å². The van der Waals surface area contributed by atoms with Gasteiger partial charge in [-0.1, -0.05) is 0 Å². The molecule has 1 saturated heterocycles. The fraction of sp³-hybridized carbons (Fsp3) is 0.500. The average Bonchev–Trinajstić information content (AvgIpc) is 3.39. The third-order valence-corrected chi connectivity index (χ3v) is 4.82. The highest BCUT2D eigenvalue weighted by atomic mass is 16.5. The number of amides is 1. The van der Waals surface area contributed by atoms with Gasteiger partial charge in [-0.2, -0.15) is 0 Å². The van der Waals surface area contributed by atoms with Gasteiger partial charge in [0.2, 0.25) is 0 Å². The fourth-order valence-electron chi connectivity index (χ4n) is 3.30. The minimum Gasteiger partial charge on any atom is -0.467 e. The van der Waals surface area contributed by atoms with E-state index in [4.69, 9.17) is 9.15 Å². The molecule has 0 radical (unpaired) electrons. The van der Waals surface area contributed by atoms with E-state index in [2.05, 4.69) is 4.98 Å². The van der Waals surface area contributed by atoms with E-state index in [1.54, 1.807) is 17.0 Å². The molecule has 2 aliphatic rings. The van der Waals surface area contributed by atoms with Gasteiger partial charge in [-0.15, -0.1) is 0 Å². The summed E-state index contributed by atoms with van der Waals surface area (Å²) in [6, 6.07) is 4.81. The van der Waals surface area contributed by atoms with Crippen LogP contribution in [0.5, 0.6) is 0 Å². The van der Waals surface area contributed by atoms with Crippen molar-refractivity contribution in [2.24, 2.45) is 0 Å². The van der Waals surface area contributed by atoms with Crippen LogP contribution in [-0.2, 0) is 9.53 Å². The molecular weight excluding hydrogens is 308 g/mol. The number of carbonyl (C=O) groups is 2. The van der Waals surface area contributed by atoms with Gasteiger partial charge in [-0.05, 0) is 50.3 Å². The number of nitrogens with zero attached hydrogens (tertiary/aromatic N) is 2. The zero-order valence-electron chi connectivity index (χ0n) is 13.7. The lowest BCUT2D eigenvalue weighted by Crippen LogP contribution is -2.48. The zero-order valence-corrected chi connectivity index (χ0v) is 13.7. The van der Waals surface area contributed by atoms with E-state index in [1.165, 1.54) is 7.11 Å². The summed E-state index contributed by atoms with van der Waals surface area (Å²) >= 11 is 0. The van der Waals surface area contributed by atoms with Crippen LogP contribution in [0.25, 0.3) is 11.1 Å². The SMILES string of the molecule is COC(=O)C1CCCCN1C(=O)c1ccc2nc(C3CC3)oc2c1. The molecule has 1 aliphatic heterocycles. The number of carbonyl (C=O) groups excluding carboxylic acids is 2. The molecule has 4 rings (SSSR count). The summed E-state index contributed by atoms with van der Waals surface area (Å²) in [6.07, 6.45) is 4.71. The lowest BCUT2D eigenvalue weighted by Gasteiger charge is -2.33. The molecule has 1 unspecified atom stereocenters. The average molecular weight is 328 g/mol. The van der Waals surface area contributed by atoms with E-state index in [0.717, 1.165) is 37.1 Å². The number of fused-ring (bicyclic) bond motifs is 1. The van der Waals surface area contributed by atoms with Crippen molar-refractivity contribution in [1.82, 2.24) is 9.88 Å². The lowest BCUT2D eigenvalue weighted by atomic mass is 10.0. The molecule has 2 aromatic rings. The number of likely N-dealkylation sites (tertiary alicyclic amines) is 1. The molecule has 0 N–H and O–H groups in total. The number of methoxy groups -OCH3 is 1. The molecule has 1 aromatic carbocycles. The Kier molecular flexibility index (Phi) is 3.75. The van der Waals surface area contributed by atoms with Crippen LogP contribution in [0.4, 0.5) is 0 Å². The van der Waals surface area contributed by atoms with E-state index in [-0.39, 0.29) is 11.9 Å². The molecule has 1 atom stereocenters. The van der Waals surface area contributed by atoms with Gasteiger partial charge in [0.25, 0.3) is 5.91 Å².